The predicted octanol–water partition coefficient (Wildman–Crippen LogP) is 3.38. The van der Waals surface area contributed by atoms with Gasteiger partial charge in [0, 0.05) is 42.5 Å². The molecule has 4 N–H and O–H groups in total. The third-order valence-corrected chi connectivity index (χ3v) is 6.92. The molecule has 5 rings (SSSR count). The van der Waals surface area contributed by atoms with Crippen LogP contribution in [0.15, 0.2) is 73.2 Å². The van der Waals surface area contributed by atoms with E-state index in [0.29, 0.717) is 61.8 Å². The molecule has 1 aliphatic rings. The van der Waals surface area contributed by atoms with Crippen molar-refractivity contribution in [1.29, 1.82) is 0 Å². The number of carbonyl (C=O) groups excluding carboxylic acids is 3. The van der Waals surface area contributed by atoms with Gasteiger partial charge in [0.15, 0.2) is 17.3 Å². The Balaban J connectivity index is 1.21. The van der Waals surface area contributed by atoms with Crippen LogP contribution in [0.25, 0.3) is 11.3 Å². The van der Waals surface area contributed by atoms with Crippen LogP contribution in [0.2, 0.25) is 0 Å². The fraction of sp³-hybridized carbons (Fsp3) is 0.226. The summed E-state index contributed by atoms with van der Waals surface area (Å²) in [5.41, 5.74) is 10.8. The van der Waals surface area contributed by atoms with E-state index >= 15 is 0 Å². The summed E-state index contributed by atoms with van der Waals surface area (Å²) in [4.78, 5) is 52.1. The number of nitrogens with zero attached hydrogens (tertiary/aromatic N) is 4. The highest BCUT2D eigenvalue weighted by atomic mass is 16.5. The standard InChI is InChI=1S/C31H31N7O4/c1-20(39)22-6-8-24(9-7-22)30(40)34-13-10-21-2-4-23(5-3-21)25-19-35-29(32)28(36-25)31(41)37-26-18-33-12-11-27(26)38-14-16-42-17-15-38/h2-9,11-12,18-19H,10,13-17H2,1H3,(H2,32,35)(H,34,40)(H,37,41). The SMILES string of the molecule is CC(=O)c1ccc(C(=O)NCCc2ccc(-c3cnc(N)c(C(=O)Nc4cnccc4N4CCOCC4)n3)cc2)cc1. The van der Waals surface area contributed by atoms with Gasteiger partial charge < -0.3 is 26.0 Å². The molecule has 0 aliphatic carbocycles. The zero-order valence-corrected chi connectivity index (χ0v) is 23.2. The Hall–Kier alpha value is -5.16. The van der Waals surface area contributed by atoms with E-state index in [9.17, 15) is 14.4 Å². The molecular formula is C31H31N7O4. The van der Waals surface area contributed by atoms with Crippen LogP contribution in [0.5, 0.6) is 0 Å². The van der Waals surface area contributed by atoms with E-state index in [-0.39, 0.29) is 23.2 Å². The molecule has 2 aromatic carbocycles. The van der Waals surface area contributed by atoms with Gasteiger partial charge >= 0.3 is 0 Å². The minimum atomic E-state index is -0.479. The van der Waals surface area contributed by atoms with Gasteiger partial charge in [-0.2, -0.15) is 0 Å². The number of Topliss-reactive ketones (excluding diaryl/α,β-unsaturated/α-hetero) is 1. The monoisotopic (exact) mass is 565 g/mol. The van der Waals surface area contributed by atoms with Crippen LogP contribution in [-0.2, 0) is 11.2 Å². The smallest absolute Gasteiger partial charge is 0.278 e. The third kappa shape index (κ3) is 6.76. The van der Waals surface area contributed by atoms with Gasteiger partial charge in [0.25, 0.3) is 11.8 Å². The number of rotatable bonds is 9. The summed E-state index contributed by atoms with van der Waals surface area (Å²) in [6, 6.07) is 16.1. The van der Waals surface area contributed by atoms with Gasteiger partial charge in [-0.3, -0.25) is 19.4 Å². The number of ketones is 1. The number of pyridine rings is 1. The zero-order valence-electron chi connectivity index (χ0n) is 23.2. The van der Waals surface area contributed by atoms with Gasteiger partial charge in [-0.1, -0.05) is 36.4 Å². The second-order valence-corrected chi connectivity index (χ2v) is 9.77. The molecule has 4 aromatic rings. The average molecular weight is 566 g/mol. The van der Waals surface area contributed by atoms with Gasteiger partial charge in [0.2, 0.25) is 0 Å². The first-order valence-electron chi connectivity index (χ1n) is 13.6. The van der Waals surface area contributed by atoms with Crippen LogP contribution < -0.4 is 21.3 Å². The minimum Gasteiger partial charge on any atom is -0.382 e. The number of aromatic nitrogens is 3. The Bertz CT molecular complexity index is 1580. The summed E-state index contributed by atoms with van der Waals surface area (Å²) < 4.78 is 5.44. The third-order valence-electron chi connectivity index (χ3n) is 6.92. The highest BCUT2D eigenvalue weighted by Crippen LogP contribution is 2.27. The van der Waals surface area contributed by atoms with Crippen molar-refractivity contribution in [3.8, 4) is 11.3 Å². The van der Waals surface area contributed by atoms with E-state index < -0.39 is 5.91 Å². The second kappa shape index (κ2) is 13.0. The van der Waals surface area contributed by atoms with Crippen molar-refractivity contribution in [2.45, 2.75) is 13.3 Å². The van der Waals surface area contributed by atoms with Crippen molar-refractivity contribution in [3.63, 3.8) is 0 Å². The first kappa shape index (κ1) is 28.4. The van der Waals surface area contributed by atoms with Crippen LogP contribution in [0.3, 0.4) is 0 Å². The van der Waals surface area contributed by atoms with Crippen LogP contribution in [0.1, 0.15) is 43.7 Å². The molecule has 1 aliphatic heterocycles. The molecule has 11 nitrogen and oxygen atoms in total. The quantitative estimate of drug-likeness (QED) is 0.259. The van der Waals surface area contributed by atoms with Crippen LogP contribution >= 0.6 is 0 Å². The molecule has 0 spiro atoms. The van der Waals surface area contributed by atoms with E-state index in [0.717, 1.165) is 16.8 Å². The summed E-state index contributed by atoms with van der Waals surface area (Å²) in [5.74, 6) is -0.699. The number of morpholine rings is 1. The van der Waals surface area contributed by atoms with Gasteiger partial charge in [0.1, 0.15) is 0 Å². The van der Waals surface area contributed by atoms with Crippen molar-refractivity contribution in [2.75, 3.05) is 48.8 Å². The lowest BCUT2D eigenvalue weighted by atomic mass is 10.1. The Morgan fingerprint density at radius 3 is 2.36 bits per heavy atom. The van der Waals surface area contributed by atoms with Crippen LogP contribution in [0.4, 0.5) is 17.2 Å². The number of hydrogen-bond acceptors (Lipinski definition) is 9. The molecule has 3 heterocycles. The Labute approximate surface area is 243 Å². The minimum absolute atomic E-state index is 0.0207. The van der Waals surface area contributed by atoms with Crippen molar-refractivity contribution < 1.29 is 19.1 Å². The summed E-state index contributed by atoms with van der Waals surface area (Å²) in [5, 5.41) is 5.78. The Morgan fingerprint density at radius 2 is 1.64 bits per heavy atom. The Kier molecular flexibility index (Phi) is 8.78. The summed E-state index contributed by atoms with van der Waals surface area (Å²) in [6.45, 7) is 4.58. The largest absolute Gasteiger partial charge is 0.382 e. The molecule has 1 fully saturated rings. The molecule has 42 heavy (non-hydrogen) atoms. The number of nitrogens with two attached hydrogens (primary N) is 1. The van der Waals surface area contributed by atoms with E-state index in [2.05, 4.69) is 30.5 Å². The molecule has 0 atom stereocenters. The van der Waals surface area contributed by atoms with E-state index in [4.69, 9.17) is 10.5 Å². The molecule has 0 saturated carbocycles. The molecule has 2 amide bonds. The van der Waals surface area contributed by atoms with Gasteiger partial charge in [-0.15, -0.1) is 0 Å². The highest BCUT2D eigenvalue weighted by Gasteiger charge is 2.20. The predicted molar refractivity (Wildman–Crippen MR) is 160 cm³/mol. The Morgan fingerprint density at radius 1 is 0.929 bits per heavy atom. The second-order valence-electron chi connectivity index (χ2n) is 9.77. The normalized spacial score (nSPS) is 12.9. The highest BCUT2D eigenvalue weighted by molar-refractivity contribution is 6.07. The van der Waals surface area contributed by atoms with Gasteiger partial charge in [-0.25, -0.2) is 9.97 Å². The number of carbonyl (C=O) groups is 3. The van der Waals surface area contributed by atoms with Crippen molar-refractivity contribution in [1.82, 2.24) is 20.3 Å². The van der Waals surface area contributed by atoms with E-state index in [1.165, 1.54) is 13.1 Å². The summed E-state index contributed by atoms with van der Waals surface area (Å²) in [7, 11) is 0. The maximum atomic E-state index is 13.2. The number of hydrogen-bond donors (Lipinski definition) is 3. The lowest BCUT2D eigenvalue weighted by Gasteiger charge is -2.30. The summed E-state index contributed by atoms with van der Waals surface area (Å²) >= 11 is 0. The van der Waals surface area contributed by atoms with E-state index in [1.807, 2.05) is 30.3 Å². The number of ether oxygens (including phenoxy) is 1. The number of benzene rings is 2. The maximum Gasteiger partial charge on any atom is 0.278 e. The number of amides is 2. The van der Waals surface area contributed by atoms with Crippen molar-refractivity contribution in [2.24, 2.45) is 0 Å². The molecule has 0 unspecified atom stereocenters. The lowest BCUT2D eigenvalue weighted by Crippen LogP contribution is -2.36. The summed E-state index contributed by atoms with van der Waals surface area (Å²) in [6.07, 6.45) is 5.43. The first-order valence-corrected chi connectivity index (χ1v) is 13.6. The lowest BCUT2D eigenvalue weighted by molar-refractivity contribution is 0.0951. The van der Waals surface area contributed by atoms with Gasteiger partial charge in [-0.05, 0) is 37.1 Å². The fourth-order valence-corrected chi connectivity index (χ4v) is 4.57. The molecule has 0 bridgehead atoms. The number of anilines is 3. The van der Waals surface area contributed by atoms with Crippen LogP contribution in [-0.4, -0.2) is 65.4 Å². The van der Waals surface area contributed by atoms with Crippen molar-refractivity contribution >= 4 is 34.8 Å². The molecule has 0 radical (unpaired) electrons. The zero-order chi connectivity index (χ0) is 29.5. The number of nitrogen functional groups attached to an aromatic ring is 1. The molecule has 11 heteroatoms. The molecule has 1 saturated heterocycles. The van der Waals surface area contributed by atoms with Gasteiger partial charge in [0.05, 0.1) is 42.7 Å². The number of nitrogens with one attached hydrogen (secondary N) is 2. The first-order chi connectivity index (χ1) is 20.4. The topological polar surface area (TPSA) is 152 Å². The fourth-order valence-electron chi connectivity index (χ4n) is 4.57. The maximum absolute atomic E-state index is 13.2. The van der Waals surface area contributed by atoms with E-state index in [1.54, 1.807) is 36.7 Å². The molecule has 2 aromatic heterocycles. The average Bonchev–Trinajstić information content (AvgIpc) is 3.02. The molecule has 214 valence electrons. The van der Waals surface area contributed by atoms with Crippen LogP contribution in [0, 0.1) is 0 Å². The molecular weight excluding hydrogens is 534 g/mol. The van der Waals surface area contributed by atoms with Crippen molar-refractivity contribution in [3.05, 3.63) is 95.6 Å².